The summed E-state index contributed by atoms with van der Waals surface area (Å²) < 4.78 is 0. The Balaban J connectivity index is 1.72. The first kappa shape index (κ1) is 13.5. The lowest BCUT2D eigenvalue weighted by Gasteiger charge is -2.15. The molecule has 0 unspecified atom stereocenters. The van der Waals surface area contributed by atoms with Crippen molar-refractivity contribution in [3.63, 3.8) is 0 Å². The first-order chi connectivity index (χ1) is 8.70. The van der Waals surface area contributed by atoms with Crippen molar-refractivity contribution in [2.24, 2.45) is 5.73 Å². The fourth-order valence-electron chi connectivity index (χ4n) is 1.79. The van der Waals surface area contributed by atoms with E-state index in [2.05, 4.69) is 22.2 Å². The molecule has 2 rings (SSSR count). The van der Waals surface area contributed by atoms with E-state index in [0.29, 0.717) is 18.8 Å². The molecule has 1 amide bonds. The van der Waals surface area contributed by atoms with Crippen LogP contribution in [0.15, 0.2) is 5.38 Å². The van der Waals surface area contributed by atoms with Crippen LogP contribution in [0.2, 0.25) is 0 Å². The van der Waals surface area contributed by atoms with Gasteiger partial charge in [0.1, 0.15) is 5.69 Å². The number of rotatable bonds is 7. The molecule has 0 atom stereocenters. The Hall–Kier alpha value is -0.980. The Labute approximate surface area is 111 Å². The van der Waals surface area contributed by atoms with Crippen LogP contribution in [-0.4, -0.2) is 48.5 Å². The van der Waals surface area contributed by atoms with Crippen LogP contribution in [0, 0.1) is 0 Å². The third kappa shape index (κ3) is 3.76. The first-order valence-electron chi connectivity index (χ1n) is 6.33. The Bertz CT molecular complexity index is 403. The molecule has 0 bridgehead atoms. The first-order valence-corrected chi connectivity index (χ1v) is 7.21. The minimum Gasteiger partial charge on any atom is -0.349 e. The fraction of sp³-hybridized carbons (Fsp3) is 0.667. The van der Waals surface area contributed by atoms with Gasteiger partial charge in [0.25, 0.3) is 5.91 Å². The van der Waals surface area contributed by atoms with E-state index in [1.807, 2.05) is 0 Å². The van der Waals surface area contributed by atoms with Crippen LogP contribution in [0.4, 0.5) is 0 Å². The van der Waals surface area contributed by atoms with Crippen LogP contribution in [0.3, 0.4) is 0 Å². The van der Waals surface area contributed by atoms with Crippen molar-refractivity contribution in [3.05, 3.63) is 16.1 Å². The molecule has 0 radical (unpaired) electrons. The monoisotopic (exact) mass is 268 g/mol. The Morgan fingerprint density at radius 2 is 2.44 bits per heavy atom. The number of nitrogens with two attached hydrogens (primary N) is 1. The van der Waals surface area contributed by atoms with Gasteiger partial charge < -0.3 is 16.0 Å². The number of nitrogens with zero attached hydrogens (tertiary/aromatic N) is 2. The second-order valence-corrected chi connectivity index (χ2v) is 5.58. The molecule has 1 heterocycles. The summed E-state index contributed by atoms with van der Waals surface area (Å²) >= 11 is 1.49. The average molecular weight is 268 g/mol. The van der Waals surface area contributed by atoms with Gasteiger partial charge >= 0.3 is 0 Å². The summed E-state index contributed by atoms with van der Waals surface area (Å²) in [6, 6.07) is 0.734. The minimum atomic E-state index is -0.0845. The average Bonchev–Trinajstić information content (AvgIpc) is 3.10. The lowest BCUT2D eigenvalue weighted by atomic mass is 10.4. The highest BCUT2D eigenvalue weighted by Gasteiger charge is 2.25. The summed E-state index contributed by atoms with van der Waals surface area (Å²) in [6.07, 6.45) is 3.32. The van der Waals surface area contributed by atoms with Gasteiger partial charge in [-0.05, 0) is 26.4 Å². The normalized spacial score (nSPS) is 15.1. The number of hydrogen-bond donors (Lipinski definition) is 2. The summed E-state index contributed by atoms with van der Waals surface area (Å²) in [4.78, 5) is 18.4. The van der Waals surface area contributed by atoms with Gasteiger partial charge in [-0.25, -0.2) is 4.98 Å². The maximum Gasteiger partial charge on any atom is 0.270 e. The van der Waals surface area contributed by atoms with Gasteiger partial charge in [0.15, 0.2) is 0 Å². The van der Waals surface area contributed by atoms with Crippen LogP contribution in [0.1, 0.15) is 28.3 Å². The molecule has 0 spiro atoms. The van der Waals surface area contributed by atoms with E-state index in [0.717, 1.165) is 24.0 Å². The molecule has 18 heavy (non-hydrogen) atoms. The van der Waals surface area contributed by atoms with Gasteiger partial charge in [-0.1, -0.05) is 0 Å². The quantitative estimate of drug-likeness (QED) is 0.754. The second kappa shape index (κ2) is 6.26. The van der Waals surface area contributed by atoms with Crippen LogP contribution in [0.5, 0.6) is 0 Å². The van der Waals surface area contributed by atoms with Gasteiger partial charge in [-0.2, -0.15) is 0 Å². The maximum absolute atomic E-state index is 11.8. The number of carbonyl (C=O) groups is 1. The molecule has 1 fully saturated rings. The molecule has 1 aliphatic rings. The second-order valence-electron chi connectivity index (χ2n) is 4.63. The van der Waals surface area contributed by atoms with E-state index in [9.17, 15) is 4.79 Å². The standard InChI is InChI=1S/C12H20N4OS/c1-16(9-2-3-9)7-6-14-12(17)10-8-18-11(15-10)4-5-13/h8-9H,2-7,13H2,1H3,(H,14,17). The predicted octanol–water partition coefficient (Wildman–Crippen LogP) is 0.468. The number of hydrogen-bond acceptors (Lipinski definition) is 5. The number of thiazole rings is 1. The van der Waals surface area contributed by atoms with Gasteiger partial charge in [0.2, 0.25) is 0 Å². The number of likely N-dealkylation sites (N-methyl/N-ethyl adjacent to an activating group) is 1. The van der Waals surface area contributed by atoms with E-state index < -0.39 is 0 Å². The highest BCUT2D eigenvalue weighted by Crippen LogP contribution is 2.24. The summed E-state index contributed by atoms with van der Waals surface area (Å²) in [5, 5.41) is 5.63. The number of amides is 1. The van der Waals surface area contributed by atoms with E-state index in [4.69, 9.17) is 5.73 Å². The van der Waals surface area contributed by atoms with Gasteiger partial charge in [0, 0.05) is 30.9 Å². The molecule has 1 aliphatic carbocycles. The molecule has 0 aromatic carbocycles. The Morgan fingerprint density at radius 3 is 3.11 bits per heavy atom. The number of aromatic nitrogens is 1. The summed E-state index contributed by atoms with van der Waals surface area (Å²) in [7, 11) is 2.10. The van der Waals surface area contributed by atoms with Crippen molar-refractivity contribution in [3.8, 4) is 0 Å². The highest BCUT2D eigenvalue weighted by atomic mass is 32.1. The molecule has 1 aromatic heterocycles. The van der Waals surface area contributed by atoms with Gasteiger partial charge in [0.05, 0.1) is 5.01 Å². The van der Waals surface area contributed by atoms with E-state index in [1.54, 1.807) is 5.38 Å². The highest BCUT2D eigenvalue weighted by molar-refractivity contribution is 7.09. The number of carbonyl (C=O) groups excluding carboxylic acids is 1. The van der Waals surface area contributed by atoms with Crippen LogP contribution in [-0.2, 0) is 6.42 Å². The van der Waals surface area contributed by atoms with Crippen LogP contribution >= 0.6 is 11.3 Å². The molecule has 3 N–H and O–H groups in total. The van der Waals surface area contributed by atoms with Gasteiger partial charge in [-0.15, -0.1) is 11.3 Å². The molecule has 6 heteroatoms. The van der Waals surface area contributed by atoms with Crippen molar-refractivity contribution in [1.82, 2.24) is 15.2 Å². The third-order valence-electron chi connectivity index (χ3n) is 3.06. The molecular formula is C12H20N4OS. The van der Waals surface area contributed by atoms with E-state index >= 15 is 0 Å². The zero-order valence-electron chi connectivity index (χ0n) is 10.7. The van der Waals surface area contributed by atoms with Gasteiger partial charge in [-0.3, -0.25) is 4.79 Å². The maximum atomic E-state index is 11.8. The molecule has 1 aromatic rings. The summed E-state index contributed by atoms with van der Waals surface area (Å²) in [6.45, 7) is 2.15. The SMILES string of the molecule is CN(CCNC(=O)c1csc(CCN)n1)C1CC1. The molecule has 0 saturated heterocycles. The zero-order valence-corrected chi connectivity index (χ0v) is 11.5. The van der Waals surface area contributed by atoms with Crippen LogP contribution < -0.4 is 11.1 Å². The molecule has 5 nitrogen and oxygen atoms in total. The van der Waals surface area contributed by atoms with Crippen molar-refractivity contribution in [2.45, 2.75) is 25.3 Å². The molecule has 0 aliphatic heterocycles. The van der Waals surface area contributed by atoms with Crippen molar-refractivity contribution in [2.75, 3.05) is 26.7 Å². The largest absolute Gasteiger partial charge is 0.349 e. The molecule has 1 saturated carbocycles. The Kier molecular flexibility index (Phi) is 4.68. The van der Waals surface area contributed by atoms with Crippen molar-refractivity contribution < 1.29 is 4.79 Å². The molecule has 100 valence electrons. The molecular weight excluding hydrogens is 248 g/mol. The number of nitrogens with one attached hydrogen (secondary N) is 1. The fourth-order valence-corrected chi connectivity index (χ4v) is 2.58. The van der Waals surface area contributed by atoms with Crippen molar-refractivity contribution >= 4 is 17.2 Å². The zero-order chi connectivity index (χ0) is 13.0. The van der Waals surface area contributed by atoms with Crippen LogP contribution in [0.25, 0.3) is 0 Å². The van der Waals surface area contributed by atoms with E-state index in [-0.39, 0.29) is 5.91 Å². The van der Waals surface area contributed by atoms with E-state index in [1.165, 1.54) is 24.2 Å². The minimum absolute atomic E-state index is 0.0845. The topological polar surface area (TPSA) is 71.2 Å². The lowest BCUT2D eigenvalue weighted by molar-refractivity contribution is 0.0945. The summed E-state index contributed by atoms with van der Waals surface area (Å²) in [5.74, 6) is -0.0845. The Morgan fingerprint density at radius 1 is 1.67 bits per heavy atom. The lowest BCUT2D eigenvalue weighted by Crippen LogP contribution is -2.34. The predicted molar refractivity (Wildman–Crippen MR) is 72.9 cm³/mol. The third-order valence-corrected chi connectivity index (χ3v) is 3.97. The summed E-state index contributed by atoms with van der Waals surface area (Å²) in [5.41, 5.74) is 5.97. The van der Waals surface area contributed by atoms with Crippen molar-refractivity contribution in [1.29, 1.82) is 0 Å². The smallest absolute Gasteiger partial charge is 0.270 e.